The number of benzene rings is 1. The Morgan fingerprint density at radius 1 is 1.32 bits per heavy atom. The molecule has 1 aliphatic rings. The Bertz CT molecular complexity index is 757. The van der Waals surface area contributed by atoms with E-state index in [-0.39, 0.29) is 41.6 Å². The van der Waals surface area contributed by atoms with E-state index in [0.717, 1.165) is 24.8 Å². The van der Waals surface area contributed by atoms with Gasteiger partial charge in [-0.15, -0.1) is 12.4 Å². The smallest absolute Gasteiger partial charge is 0.287 e. The van der Waals surface area contributed by atoms with Crippen LogP contribution >= 0.6 is 12.4 Å². The second-order valence-corrected chi connectivity index (χ2v) is 5.72. The van der Waals surface area contributed by atoms with Gasteiger partial charge in [-0.1, -0.05) is 6.07 Å². The van der Waals surface area contributed by atoms with E-state index >= 15 is 0 Å². The lowest BCUT2D eigenvalue weighted by Gasteiger charge is -2.12. The molecule has 1 aromatic carbocycles. The van der Waals surface area contributed by atoms with Crippen molar-refractivity contribution in [1.82, 2.24) is 5.32 Å². The van der Waals surface area contributed by atoms with Crippen LogP contribution < -0.4 is 16.5 Å². The molecular formula is C16H19ClN2O3. The summed E-state index contributed by atoms with van der Waals surface area (Å²) in [6.45, 7) is 1.91. The van der Waals surface area contributed by atoms with Crippen LogP contribution in [0.25, 0.3) is 11.0 Å². The summed E-state index contributed by atoms with van der Waals surface area (Å²) in [6, 6.07) is 6.78. The summed E-state index contributed by atoms with van der Waals surface area (Å²) in [7, 11) is 0. The maximum absolute atomic E-state index is 12.2. The Morgan fingerprint density at radius 3 is 2.77 bits per heavy atom. The predicted octanol–water partition coefficient (Wildman–Crippen LogP) is 2.13. The van der Waals surface area contributed by atoms with Gasteiger partial charge in [0.15, 0.2) is 11.2 Å². The van der Waals surface area contributed by atoms with Crippen molar-refractivity contribution in [2.75, 3.05) is 0 Å². The lowest BCUT2D eigenvalue weighted by molar-refractivity contribution is 0.0910. The van der Waals surface area contributed by atoms with Crippen LogP contribution in [-0.4, -0.2) is 18.0 Å². The molecule has 0 spiro atoms. The number of rotatable bonds is 2. The van der Waals surface area contributed by atoms with E-state index in [4.69, 9.17) is 10.2 Å². The number of halogens is 1. The molecule has 3 N–H and O–H groups in total. The van der Waals surface area contributed by atoms with Gasteiger partial charge < -0.3 is 15.5 Å². The van der Waals surface area contributed by atoms with Crippen LogP contribution in [0, 0.1) is 6.92 Å². The molecule has 0 bridgehead atoms. The van der Waals surface area contributed by atoms with E-state index in [1.54, 1.807) is 12.1 Å². The normalized spacial score (nSPS) is 20.6. The van der Waals surface area contributed by atoms with Crippen molar-refractivity contribution in [3.8, 4) is 0 Å². The quantitative estimate of drug-likeness (QED) is 0.887. The molecule has 0 saturated heterocycles. The maximum Gasteiger partial charge on any atom is 0.287 e. The van der Waals surface area contributed by atoms with Crippen molar-refractivity contribution in [2.24, 2.45) is 5.73 Å². The van der Waals surface area contributed by atoms with Crippen LogP contribution in [0.15, 0.2) is 33.5 Å². The van der Waals surface area contributed by atoms with Gasteiger partial charge in [0.2, 0.25) is 0 Å². The SMILES string of the molecule is Cc1ccc2c(=O)cc(C(=O)N[C@@H]3CC[C@@H](N)C3)oc2c1.Cl. The molecule has 3 rings (SSSR count). The van der Waals surface area contributed by atoms with Gasteiger partial charge in [0.05, 0.1) is 5.39 Å². The molecule has 0 unspecified atom stereocenters. The van der Waals surface area contributed by atoms with Crippen molar-refractivity contribution >= 4 is 29.3 Å². The Hall–Kier alpha value is -1.85. The lowest BCUT2D eigenvalue weighted by Crippen LogP contribution is -2.34. The summed E-state index contributed by atoms with van der Waals surface area (Å²) in [5.74, 6) is -0.298. The fraction of sp³-hybridized carbons (Fsp3) is 0.375. The van der Waals surface area contributed by atoms with Gasteiger partial charge in [0.1, 0.15) is 5.58 Å². The maximum atomic E-state index is 12.2. The molecule has 2 atom stereocenters. The summed E-state index contributed by atoms with van der Waals surface area (Å²) in [4.78, 5) is 24.2. The van der Waals surface area contributed by atoms with Gasteiger partial charge in [-0.25, -0.2) is 0 Å². The number of nitrogens with one attached hydrogen (secondary N) is 1. The van der Waals surface area contributed by atoms with E-state index in [1.165, 1.54) is 6.07 Å². The molecule has 22 heavy (non-hydrogen) atoms. The first-order chi connectivity index (χ1) is 10.0. The highest BCUT2D eigenvalue weighted by atomic mass is 35.5. The van der Waals surface area contributed by atoms with Gasteiger partial charge in [-0.3, -0.25) is 9.59 Å². The predicted molar refractivity (Wildman–Crippen MR) is 87.5 cm³/mol. The van der Waals surface area contributed by atoms with Crippen molar-refractivity contribution < 1.29 is 9.21 Å². The second kappa shape index (κ2) is 6.50. The van der Waals surface area contributed by atoms with Gasteiger partial charge in [-0.2, -0.15) is 0 Å². The highest BCUT2D eigenvalue weighted by molar-refractivity contribution is 5.93. The third kappa shape index (κ3) is 3.31. The summed E-state index contributed by atoms with van der Waals surface area (Å²) in [5.41, 5.74) is 7.04. The summed E-state index contributed by atoms with van der Waals surface area (Å²) in [6.07, 6.45) is 2.54. The van der Waals surface area contributed by atoms with Gasteiger partial charge in [0, 0.05) is 18.2 Å². The molecule has 118 valence electrons. The van der Waals surface area contributed by atoms with E-state index in [2.05, 4.69) is 5.32 Å². The first-order valence-electron chi connectivity index (χ1n) is 7.14. The Kier molecular flexibility index (Phi) is 4.88. The van der Waals surface area contributed by atoms with E-state index in [0.29, 0.717) is 11.0 Å². The molecule has 0 radical (unpaired) electrons. The number of nitrogens with two attached hydrogens (primary N) is 1. The summed E-state index contributed by atoms with van der Waals surface area (Å²) >= 11 is 0. The third-order valence-electron chi connectivity index (χ3n) is 3.92. The van der Waals surface area contributed by atoms with Gasteiger partial charge in [-0.05, 0) is 43.9 Å². The average molecular weight is 323 g/mol. The molecule has 1 aromatic heterocycles. The average Bonchev–Trinajstić information content (AvgIpc) is 2.83. The molecule has 1 saturated carbocycles. The van der Waals surface area contributed by atoms with Crippen LogP contribution in [0.3, 0.4) is 0 Å². The van der Waals surface area contributed by atoms with E-state index < -0.39 is 0 Å². The van der Waals surface area contributed by atoms with Crippen molar-refractivity contribution in [1.29, 1.82) is 0 Å². The fourth-order valence-corrected chi connectivity index (χ4v) is 2.78. The molecule has 6 heteroatoms. The van der Waals surface area contributed by atoms with E-state index in [9.17, 15) is 9.59 Å². The van der Waals surface area contributed by atoms with Crippen molar-refractivity contribution in [3.63, 3.8) is 0 Å². The molecule has 0 aliphatic heterocycles. The van der Waals surface area contributed by atoms with Crippen LogP contribution in [-0.2, 0) is 0 Å². The molecule has 1 heterocycles. The summed E-state index contributed by atoms with van der Waals surface area (Å²) in [5, 5.41) is 3.37. The fourth-order valence-electron chi connectivity index (χ4n) is 2.78. The molecule has 1 fully saturated rings. The minimum absolute atomic E-state index is 0. The zero-order valence-corrected chi connectivity index (χ0v) is 13.1. The van der Waals surface area contributed by atoms with Crippen LogP contribution in [0.4, 0.5) is 0 Å². The summed E-state index contributed by atoms with van der Waals surface area (Å²) < 4.78 is 5.58. The van der Waals surface area contributed by atoms with Crippen LogP contribution in [0.1, 0.15) is 35.4 Å². The van der Waals surface area contributed by atoms with Crippen LogP contribution in [0.2, 0.25) is 0 Å². The number of fused-ring (bicyclic) bond motifs is 1. The minimum Gasteiger partial charge on any atom is -0.451 e. The Balaban J connectivity index is 0.00000176. The number of hydrogen-bond acceptors (Lipinski definition) is 4. The number of carbonyl (C=O) groups excluding carboxylic acids is 1. The molecule has 5 nitrogen and oxygen atoms in total. The first kappa shape index (κ1) is 16.5. The van der Waals surface area contributed by atoms with E-state index in [1.807, 2.05) is 13.0 Å². The zero-order chi connectivity index (χ0) is 15.0. The number of hydrogen-bond donors (Lipinski definition) is 2. The first-order valence-corrected chi connectivity index (χ1v) is 7.14. The van der Waals surface area contributed by atoms with Crippen molar-refractivity contribution in [3.05, 3.63) is 45.8 Å². The highest BCUT2D eigenvalue weighted by Gasteiger charge is 2.24. The number of aryl methyl sites for hydroxylation is 1. The largest absolute Gasteiger partial charge is 0.451 e. The molecule has 1 aliphatic carbocycles. The second-order valence-electron chi connectivity index (χ2n) is 5.72. The minimum atomic E-state index is -0.352. The highest BCUT2D eigenvalue weighted by Crippen LogP contribution is 2.18. The number of amides is 1. The zero-order valence-electron chi connectivity index (χ0n) is 12.3. The Morgan fingerprint density at radius 2 is 2.09 bits per heavy atom. The van der Waals surface area contributed by atoms with Gasteiger partial charge >= 0.3 is 0 Å². The van der Waals surface area contributed by atoms with Crippen LogP contribution in [0.5, 0.6) is 0 Å². The lowest BCUT2D eigenvalue weighted by atomic mass is 10.1. The number of carbonyl (C=O) groups is 1. The van der Waals surface area contributed by atoms with Gasteiger partial charge in [0.25, 0.3) is 5.91 Å². The standard InChI is InChI=1S/C16H18N2O3.ClH/c1-9-2-5-12-13(19)8-15(21-14(12)6-9)16(20)18-11-4-3-10(17)7-11;/h2,5-6,8,10-11H,3-4,7,17H2,1H3,(H,18,20);1H/t10-,11-;/m1./s1. The molecule has 2 aromatic rings. The topological polar surface area (TPSA) is 85.3 Å². The monoisotopic (exact) mass is 322 g/mol. The third-order valence-corrected chi connectivity index (χ3v) is 3.92. The molecule has 1 amide bonds. The molecular weight excluding hydrogens is 304 g/mol. The Labute approximate surface area is 134 Å². The van der Waals surface area contributed by atoms with Crippen molar-refractivity contribution in [2.45, 2.75) is 38.3 Å².